The van der Waals surface area contributed by atoms with E-state index in [2.05, 4.69) is 35.8 Å². The quantitative estimate of drug-likeness (QED) is 0.599. The van der Waals surface area contributed by atoms with Crippen molar-refractivity contribution in [2.45, 2.75) is 52.3 Å². The zero-order chi connectivity index (χ0) is 23.5. The van der Waals surface area contributed by atoms with E-state index in [0.29, 0.717) is 5.56 Å². The second-order valence-electron chi connectivity index (χ2n) is 7.67. The molecule has 3 rings (SSSR count). The van der Waals surface area contributed by atoms with Crippen molar-refractivity contribution in [2.24, 2.45) is 0 Å². The number of ether oxygens (including phenoxy) is 1. The number of hydrogen-bond acceptors (Lipinski definition) is 5. The number of pyridine rings is 1. The smallest absolute Gasteiger partial charge is 0.166 e. The summed E-state index contributed by atoms with van der Waals surface area (Å²) < 4.78 is 24.5. The monoisotopic (exact) mass is 406 g/mol. The highest BCUT2D eigenvalue weighted by molar-refractivity contribution is 5.65. The van der Waals surface area contributed by atoms with Crippen LogP contribution >= 0.6 is 0 Å². The number of aromatic nitrogens is 3. The van der Waals surface area contributed by atoms with Gasteiger partial charge in [-0.15, -0.1) is 0 Å². The summed E-state index contributed by atoms with van der Waals surface area (Å²) in [6, 6.07) is 8.55. The Morgan fingerprint density at radius 2 is 2.10 bits per heavy atom. The zero-order valence-corrected chi connectivity index (χ0v) is 17.7. The van der Waals surface area contributed by atoms with Gasteiger partial charge in [0.2, 0.25) is 0 Å². The Labute approximate surface area is 180 Å². The molecule has 0 saturated carbocycles. The number of rotatable bonds is 6. The number of anilines is 1. The molecule has 1 unspecified atom stereocenters. The van der Waals surface area contributed by atoms with Crippen LogP contribution in [0.5, 0.6) is 5.75 Å². The van der Waals surface area contributed by atoms with Gasteiger partial charge < -0.3 is 15.6 Å². The van der Waals surface area contributed by atoms with Crippen LogP contribution in [0.2, 0.25) is 0 Å². The highest BCUT2D eigenvalue weighted by Gasteiger charge is 2.10. The summed E-state index contributed by atoms with van der Waals surface area (Å²) in [5.41, 5.74) is 7.24. The lowest BCUT2D eigenvalue weighted by Crippen LogP contribution is -2.14. The SMILES string of the molecule is [2H]C([2H])(Oc1cc(-c2cnn(C(C)CC)c2)cnc1N)c1cccc(C#CC(C)(C)O)c1. The summed E-state index contributed by atoms with van der Waals surface area (Å²) >= 11 is 0. The van der Waals surface area contributed by atoms with E-state index >= 15 is 0 Å². The fourth-order valence-electron chi connectivity index (χ4n) is 2.61. The molecule has 156 valence electrons. The molecule has 0 aliphatic heterocycles. The Morgan fingerprint density at radius 1 is 1.30 bits per heavy atom. The molecule has 2 aromatic heterocycles. The van der Waals surface area contributed by atoms with Gasteiger partial charge in [0.25, 0.3) is 0 Å². The number of aliphatic hydroxyl groups is 1. The van der Waals surface area contributed by atoms with Gasteiger partial charge in [-0.1, -0.05) is 30.9 Å². The first kappa shape index (κ1) is 18.7. The Balaban J connectivity index is 1.88. The largest absolute Gasteiger partial charge is 0.485 e. The lowest BCUT2D eigenvalue weighted by Gasteiger charge is -2.10. The highest BCUT2D eigenvalue weighted by Crippen LogP contribution is 2.28. The molecule has 0 fully saturated rings. The van der Waals surface area contributed by atoms with E-state index in [1.54, 1.807) is 56.6 Å². The lowest BCUT2D eigenvalue weighted by atomic mass is 10.1. The Hall–Kier alpha value is -3.30. The van der Waals surface area contributed by atoms with Crippen LogP contribution in [0.25, 0.3) is 11.1 Å². The van der Waals surface area contributed by atoms with Crippen molar-refractivity contribution < 1.29 is 12.6 Å². The molecule has 1 atom stereocenters. The minimum atomic E-state index is -2.18. The van der Waals surface area contributed by atoms with Crippen LogP contribution in [0.15, 0.2) is 48.9 Å². The van der Waals surface area contributed by atoms with E-state index in [9.17, 15) is 5.11 Å². The first-order valence-corrected chi connectivity index (χ1v) is 9.83. The van der Waals surface area contributed by atoms with Gasteiger partial charge in [0.05, 0.1) is 8.94 Å². The fraction of sp³-hybridized carbons (Fsp3) is 0.333. The summed E-state index contributed by atoms with van der Waals surface area (Å²) in [7, 11) is 0. The molecule has 0 radical (unpaired) electrons. The molecular formula is C24H28N4O2. The molecule has 1 aromatic carbocycles. The number of hydrogen-bond donors (Lipinski definition) is 2. The second-order valence-corrected chi connectivity index (χ2v) is 7.67. The number of nitrogen functional groups attached to an aromatic ring is 1. The van der Waals surface area contributed by atoms with E-state index in [1.807, 2.05) is 10.9 Å². The summed E-state index contributed by atoms with van der Waals surface area (Å²) in [5.74, 6) is 5.79. The third-order valence-corrected chi connectivity index (χ3v) is 4.51. The average molecular weight is 407 g/mol. The van der Waals surface area contributed by atoms with E-state index in [-0.39, 0.29) is 23.2 Å². The average Bonchev–Trinajstić information content (AvgIpc) is 3.23. The van der Waals surface area contributed by atoms with Crippen molar-refractivity contribution in [3.63, 3.8) is 0 Å². The first-order valence-electron chi connectivity index (χ1n) is 10.8. The van der Waals surface area contributed by atoms with Gasteiger partial charge in [-0.3, -0.25) is 4.68 Å². The Kier molecular flexibility index (Phi) is 5.62. The molecule has 6 nitrogen and oxygen atoms in total. The summed E-state index contributed by atoms with van der Waals surface area (Å²) in [6.07, 6.45) is 6.23. The van der Waals surface area contributed by atoms with Crippen LogP contribution in [-0.2, 0) is 6.56 Å². The maximum absolute atomic E-state index is 9.80. The van der Waals surface area contributed by atoms with Crippen LogP contribution in [0, 0.1) is 11.8 Å². The van der Waals surface area contributed by atoms with E-state index < -0.39 is 12.2 Å². The van der Waals surface area contributed by atoms with Gasteiger partial charge in [0.1, 0.15) is 12.2 Å². The summed E-state index contributed by atoms with van der Waals surface area (Å²) in [4.78, 5) is 4.18. The van der Waals surface area contributed by atoms with Crippen molar-refractivity contribution in [2.75, 3.05) is 5.73 Å². The Bertz CT molecular complexity index is 1160. The van der Waals surface area contributed by atoms with Crippen molar-refractivity contribution in [3.05, 3.63) is 60.0 Å². The Morgan fingerprint density at radius 3 is 2.83 bits per heavy atom. The second kappa shape index (κ2) is 9.02. The summed E-state index contributed by atoms with van der Waals surface area (Å²) in [5, 5.41) is 14.2. The molecule has 0 aliphatic rings. The van der Waals surface area contributed by atoms with Crippen LogP contribution in [0.4, 0.5) is 5.82 Å². The molecule has 6 heteroatoms. The van der Waals surface area contributed by atoms with E-state index in [1.165, 1.54) is 0 Å². The molecule has 0 amide bonds. The maximum atomic E-state index is 9.80. The maximum Gasteiger partial charge on any atom is 0.166 e. The first-order chi connectivity index (χ1) is 15.0. The molecule has 0 aliphatic carbocycles. The summed E-state index contributed by atoms with van der Waals surface area (Å²) in [6.45, 7) is 5.17. The molecule has 0 spiro atoms. The molecule has 0 bridgehead atoms. The normalized spacial score (nSPS) is 13.6. The predicted molar refractivity (Wildman–Crippen MR) is 119 cm³/mol. The van der Waals surface area contributed by atoms with Gasteiger partial charge in [0.15, 0.2) is 11.6 Å². The molecule has 0 saturated heterocycles. The number of benzene rings is 1. The van der Waals surface area contributed by atoms with Crippen LogP contribution in [0.3, 0.4) is 0 Å². The van der Waals surface area contributed by atoms with Gasteiger partial charge in [-0.25, -0.2) is 4.98 Å². The highest BCUT2D eigenvalue weighted by atomic mass is 16.5. The minimum absolute atomic E-state index is 0.0879. The van der Waals surface area contributed by atoms with Crippen LogP contribution in [0.1, 0.15) is 54.0 Å². The van der Waals surface area contributed by atoms with Crippen molar-refractivity contribution >= 4 is 5.82 Å². The van der Waals surface area contributed by atoms with Gasteiger partial charge in [-0.05, 0) is 51.0 Å². The van der Waals surface area contributed by atoms with Crippen LogP contribution < -0.4 is 10.5 Å². The number of nitrogens with two attached hydrogens (primary N) is 1. The zero-order valence-electron chi connectivity index (χ0n) is 19.7. The van der Waals surface area contributed by atoms with Gasteiger partial charge in [0, 0.05) is 35.1 Å². The van der Waals surface area contributed by atoms with E-state index in [0.717, 1.165) is 17.5 Å². The fourth-order valence-corrected chi connectivity index (χ4v) is 2.61. The minimum Gasteiger partial charge on any atom is -0.485 e. The van der Waals surface area contributed by atoms with Gasteiger partial charge >= 0.3 is 0 Å². The molecule has 3 aromatic rings. The number of nitrogens with zero attached hydrogens (tertiary/aromatic N) is 3. The molecule has 3 N–H and O–H groups in total. The molecule has 2 heterocycles. The molecular weight excluding hydrogens is 376 g/mol. The molecule has 30 heavy (non-hydrogen) atoms. The van der Waals surface area contributed by atoms with Crippen molar-refractivity contribution in [1.82, 2.24) is 14.8 Å². The van der Waals surface area contributed by atoms with Crippen molar-refractivity contribution in [3.8, 4) is 28.7 Å². The van der Waals surface area contributed by atoms with E-state index in [4.69, 9.17) is 13.2 Å². The standard InChI is InChI=1S/C24H28N4O2/c1-5-17(2)28-15-21(14-27-28)20-12-22(23(25)26-13-20)30-16-19-8-6-7-18(11-19)9-10-24(3,4)29/h6-8,11-15,17,29H,5,16H2,1-4H3,(H2,25,26)/i16D2. The topological polar surface area (TPSA) is 86.2 Å². The van der Waals surface area contributed by atoms with Crippen LogP contribution in [-0.4, -0.2) is 25.5 Å². The third kappa shape index (κ3) is 5.62. The van der Waals surface area contributed by atoms with Gasteiger partial charge in [-0.2, -0.15) is 5.10 Å². The van der Waals surface area contributed by atoms with Crippen molar-refractivity contribution in [1.29, 1.82) is 0 Å². The predicted octanol–water partition coefficient (Wildman–Crippen LogP) is 4.20. The lowest BCUT2D eigenvalue weighted by molar-refractivity contribution is 0.143. The third-order valence-electron chi connectivity index (χ3n) is 4.51.